The third-order valence-electron chi connectivity index (χ3n) is 7.61. The second-order valence-corrected chi connectivity index (χ2v) is 9.39. The molecule has 26 heavy (non-hydrogen) atoms. The molecule has 1 N–H and O–H groups in total. The molecule has 0 saturated heterocycles. The molecule has 0 aromatic rings. The van der Waals surface area contributed by atoms with Gasteiger partial charge in [-0.2, -0.15) is 0 Å². The minimum Gasteiger partial charge on any atom is -0.481 e. The first kappa shape index (κ1) is 21.0. The molecule has 2 aliphatic rings. The van der Waals surface area contributed by atoms with Crippen LogP contribution in [0.5, 0.6) is 0 Å². The smallest absolute Gasteiger partial charge is 0.303 e. The van der Waals surface area contributed by atoms with E-state index in [0.717, 1.165) is 19.3 Å². The number of carbonyl (C=O) groups excluding carboxylic acids is 1. The van der Waals surface area contributed by atoms with E-state index in [-0.39, 0.29) is 35.2 Å². The molecule has 4 nitrogen and oxygen atoms in total. The minimum absolute atomic E-state index is 0.133. The van der Waals surface area contributed by atoms with Crippen molar-refractivity contribution in [3.63, 3.8) is 0 Å². The van der Waals surface area contributed by atoms with Crippen molar-refractivity contribution < 1.29 is 19.4 Å². The van der Waals surface area contributed by atoms with Gasteiger partial charge in [-0.1, -0.05) is 33.3 Å². The standard InChI is InChI=1S/C22H36O4/c1-14(11-20(24)25)7-9-21(5)15(2)8-10-22(6)16(3)12-18(13-19(21)22)26-17(4)23/h12,14-15,18-19H,7-11,13H2,1-6H3,(H,24,25)/t14-,15-,18-,19-,21+,22+/m1/s1. The summed E-state index contributed by atoms with van der Waals surface area (Å²) in [7, 11) is 0. The lowest BCUT2D eigenvalue weighted by atomic mass is 9.46. The number of carboxylic acid groups (broad SMARTS) is 1. The second-order valence-electron chi connectivity index (χ2n) is 9.39. The quantitative estimate of drug-likeness (QED) is 0.518. The van der Waals surface area contributed by atoms with Gasteiger partial charge >= 0.3 is 11.9 Å². The molecule has 4 heteroatoms. The summed E-state index contributed by atoms with van der Waals surface area (Å²) >= 11 is 0. The molecule has 0 spiro atoms. The van der Waals surface area contributed by atoms with Gasteiger partial charge in [-0.25, -0.2) is 0 Å². The predicted octanol–water partition coefficient (Wildman–Crippen LogP) is 5.22. The summed E-state index contributed by atoms with van der Waals surface area (Å²) in [5.74, 6) is 0.291. The van der Waals surface area contributed by atoms with Crippen molar-refractivity contribution in [2.75, 3.05) is 0 Å². The number of aliphatic carboxylic acids is 1. The van der Waals surface area contributed by atoms with E-state index >= 15 is 0 Å². The number of esters is 1. The first-order chi connectivity index (χ1) is 12.0. The van der Waals surface area contributed by atoms with E-state index in [0.29, 0.717) is 11.8 Å². The molecule has 2 rings (SSSR count). The zero-order valence-corrected chi connectivity index (χ0v) is 17.3. The molecule has 1 saturated carbocycles. The normalized spacial score (nSPS) is 38.1. The van der Waals surface area contributed by atoms with Gasteiger partial charge in [-0.15, -0.1) is 0 Å². The molecule has 0 amide bonds. The predicted molar refractivity (Wildman–Crippen MR) is 103 cm³/mol. The number of hydrogen-bond donors (Lipinski definition) is 1. The third-order valence-corrected chi connectivity index (χ3v) is 7.61. The number of hydrogen-bond acceptors (Lipinski definition) is 3. The monoisotopic (exact) mass is 364 g/mol. The summed E-state index contributed by atoms with van der Waals surface area (Å²) in [6.07, 6.45) is 7.47. The van der Waals surface area contributed by atoms with Crippen LogP contribution in [0.1, 0.15) is 80.1 Å². The zero-order chi connectivity index (χ0) is 19.7. The molecule has 0 aliphatic heterocycles. The topological polar surface area (TPSA) is 63.6 Å². The Morgan fingerprint density at radius 3 is 2.62 bits per heavy atom. The minimum atomic E-state index is -0.712. The molecular weight excluding hydrogens is 328 g/mol. The van der Waals surface area contributed by atoms with Crippen molar-refractivity contribution in [3.8, 4) is 0 Å². The molecule has 0 bridgehead atoms. The van der Waals surface area contributed by atoms with Crippen LogP contribution in [0.25, 0.3) is 0 Å². The molecule has 2 aliphatic carbocycles. The van der Waals surface area contributed by atoms with Gasteiger partial charge in [0.2, 0.25) is 0 Å². The van der Waals surface area contributed by atoms with Crippen LogP contribution in [0.4, 0.5) is 0 Å². The largest absolute Gasteiger partial charge is 0.481 e. The van der Waals surface area contributed by atoms with Gasteiger partial charge in [0.05, 0.1) is 0 Å². The van der Waals surface area contributed by atoms with E-state index in [9.17, 15) is 9.59 Å². The van der Waals surface area contributed by atoms with Crippen LogP contribution in [0.2, 0.25) is 0 Å². The first-order valence-electron chi connectivity index (χ1n) is 10.1. The van der Waals surface area contributed by atoms with E-state index in [1.54, 1.807) is 0 Å². The second kappa shape index (κ2) is 7.74. The van der Waals surface area contributed by atoms with Crippen molar-refractivity contribution in [1.29, 1.82) is 0 Å². The highest BCUT2D eigenvalue weighted by atomic mass is 16.5. The van der Waals surface area contributed by atoms with Gasteiger partial charge < -0.3 is 9.84 Å². The number of carbonyl (C=O) groups is 2. The zero-order valence-electron chi connectivity index (χ0n) is 17.3. The Morgan fingerprint density at radius 2 is 2.04 bits per heavy atom. The van der Waals surface area contributed by atoms with Crippen LogP contribution in [-0.4, -0.2) is 23.1 Å². The van der Waals surface area contributed by atoms with Crippen LogP contribution in [-0.2, 0) is 14.3 Å². The van der Waals surface area contributed by atoms with E-state index in [4.69, 9.17) is 9.84 Å². The Kier molecular flexibility index (Phi) is 6.24. The molecule has 0 aromatic carbocycles. The van der Waals surface area contributed by atoms with Crippen LogP contribution >= 0.6 is 0 Å². The molecule has 6 atom stereocenters. The Labute approximate surface area is 158 Å². The van der Waals surface area contributed by atoms with E-state index in [2.05, 4.69) is 33.8 Å². The van der Waals surface area contributed by atoms with Crippen LogP contribution in [0, 0.1) is 28.6 Å². The van der Waals surface area contributed by atoms with Gasteiger partial charge in [0, 0.05) is 13.3 Å². The summed E-state index contributed by atoms with van der Waals surface area (Å²) in [6, 6.07) is 0. The van der Waals surface area contributed by atoms with Crippen molar-refractivity contribution in [2.45, 2.75) is 86.2 Å². The number of ether oxygens (including phenoxy) is 1. The van der Waals surface area contributed by atoms with Gasteiger partial charge in [0.15, 0.2) is 0 Å². The Morgan fingerprint density at radius 1 is 1.38 bits per heavy atom. The summed E-state index contributed by atoms with van der Waals surface area (Å²) in [5.41, 5.74) is 1.62. The molecule has 148 valence electrons. The van der Waals surface area contributed by atoms with Crippen LogP contribution in [0.15, 0.2) is 11.6 Å². The van der Waals surface area contributed by atoms with Gasteiger partial charge in [-0.05, 0) is 73.7 Å². The Bertz CT molecular complexity index is 581. The summed E-state index contributed by atoms with van der Waals surface area (Å²) in [5, 5.41) is 9.06. The van der Waals surface area contributed by atoms with E-state index in [1.807, 2.05) is 6.92 Å². The third kappa shape index (κ3) is 4.15. The molecule has 0 radical (unpaired) electrons. The maximum Gasteiger partial charge on any atom is 0.303 e. The molecule has 0 aromatic heterocycles. The lowest BCUT2D eigenvalue weighted by molar-refractivity contribution is -0.148. The number of allylic oxidation sites excluding steroid dienone is 1. The fourth-order valence-corrected chi connectivity index (χ4v) is 5.54. The van der Waals surface area contributed by atoms with Crippen molar-refractivity contribution in [3.05, 3.63) is 11.6 Å². The SMILES string of the molecule is CC(=O)O[C@@H]1C=C(C)[C@]2(C)CC[C@@H](C)[C@](C)(CC[C@@H](C)CC(=O)O)[C@H]2C1. The molecular formula is C22H36O4. The van der Waals surface area contributed by atoms with E-state index < -0.39 is 5.97 Å². The van der Waals surface area contributed by atoms with Crippen molar-refractivity contribution in [2.24, 2.45) is 28.6 Å². The van der Waals surface area contributed by atoms with Crippen molar-refractivity contribution >= 4 is 11.9 Å². The van der Waals surface area contributed by atoms with Crippen LogP contribution in [0.3, 0.4) is 0 Å². The fourth-order valence-electron chi connectivity index (χ4n) is 5.54. The average molecular weight is 365 g/mol. The van der Waals surface area contributed by atoms with Gasteiger partial charge in [-0.3, -0.25) is 9.59 Å². The number of carboxylic acids is 1. The highest BCUT2D eigenvalue weighted by Crippen LogP contribution is 2.62. The fraction of sp³-hybridized carbons (Fsp3) is 0.818. The number of fused-ring (bicyclic) bond motifs is 1. The van der Waals surface area contributed by atoms with Crippen molar-refractivity contribution in [1.82, 2.24) is 0 Å². The van der Waals surface area contributed by atoms with Gasteiger partial charge in [0.1, 0.15) is 6.10 Å². The Hall–Kier alpha value is -1.32. The lowest BCUT2D eigenvalue weighted by Gasteiger charge is -2.59. The highest BCUT2D eigenvalue weighted by Gasteiger charge is 2.54. The highest BCUT2D eigenvalue weighted by molar-refractivity contribution is 5.67. The average Bonchev–Trinajstić information content (AvgIpc) is 2.51. The Balaban J connectivity index is 2.25. The number of rotatable bonds is 6. The molecule has 1 fully saturated rings. The van der Waals surface area contributed by atoms with E-state index in [1.165, 1.54) is 25.3 Å². The lowest BCUT2D eigenvalue weighted by Crippen LogP contribution is -2.52. The maximum atomic E-state index is 11.5. The summed E-state index contributed by atoms with van der Waals surface area (Å²) in [4.78, 5) is 22.5. The first-order valence-corrected chi connectivity index (χ1v) is 10.1. The van der Waals surface area contributed by atoms with Gasteiger partial charge in [0.25, 0.3) is 0 Å². The summed E-state index contributed by atoms with van der Waals surface area (Å²) in [6.45, 7) is 12.8. The molecule has 0 heterocycles. The summed E-state index contributed by atoms with van der Waals surface area (Å²) < 4.78 is 5.57. The van der Waals surface area contributed by atoms with Crippen LogP contribution < -0.4 is 0 Å². The molecule has 0 unspecified atom stereocenters. The maximum absolute atomic E-state index is 11.5.